The fourth-order valence-corrected chi connectivity index (χ4v) is 3.57. The number of rotatable bonds is 2. The average molecular weight is 341 g/mol. The minimum absolute atomic E-state index is 0.153. The molecule has 0 unspecified atom stereocenters. The molecule has 0 saturated heterocycles. The van der Waals surface area contributed by atoms with Crippen LogP contribution in [0.4, 0.5) is 0 Å². The second-order valence-electron chi connectivity index (χ2n) is 5.63. The lowest BCUT2D eigenvalue weighted by Crippen LogP contribution is -2.40. The van der Waals surface area contributed by atoms with E-state index in [1.54, 1.807) is 17.0 Å². The van der Waals surface area contributed by atoms with Crippen molar-refractivity contribution in [1.29, 1.82) is 0 Å². The quantitative estimate of drug-likeness (QED) is 0.768. The van der Waals surface area contributed by atoms with Gasteiger partial charge in [-0.25, -0.2) is 0 Å². The van der Waals surface area contributed by atoms with Crippen molar-refractivity contribution in [2.45, 2.75) is 20.0 Å². The summed E-state index contributed by atoms with van der Waals surface area (Å²) in [7, 11) is 0. The Morgan fingerprint density at radius 3 is 2.88 bits per heavy atom. The van der Waals surface area contributed by atoms with Gasteiger partial charge in [0, 0.05) is 13.1 Å². The van der Waals surface area contributed by atoms with E-state index in [-0.39, 0.29) is 17.0 Å². The molecule has 0 fully saturated rings. The second kappa shape index (κ2) is 5.72. The van der Waals surface area contributed by atoms with Gasteiger partial charge in [0.2, 0.25) is 0 Å². The Kier molecular flexibility index (Phi) is 3.53. The monoisotopic (exact) mass is 341 g/mol. The van der Waals surface area contributed by atoms with Gasteiger partial charge in [0.15, 0.2) is 5.82 Å². The Hall–Kier alpha value is -2.74. The average Bonchev–Trinajstić information content (AvgIpc) is 3.24. The van der Waals surface area contributed by atoms with Gasteiger partial charge in [0.25, 0.3) is 11.5 Å². The summed E-state index contributed by atoms with van der Waals surface area (Å²) in [4.78, 5) is 30.4. The van der Waals surface area contributed by atoms with E-state index in [2.05, 4.69) is 15.2 Å². The highest BCUT2D eigenvalue weighted by atomic mass is 32.1. The highest BCUT2D eigenvalue weighted by Crippen LogP contribution is 2.22. The molecule has 0 spiro atoms. The first-order chi connectivity index (χ1) is 11.6. The number of H-pyrrole nitrogens is 1. The standard InChI is InChI=1S/C16H15N5O2S/c1-10-18-19-14-9-20(6-7-21(10)14)16(23)11-4-5-12(17-15(11)22)13-3-2-8-24-13/h2-5,8H,6-7,9H2,1H3,(H,17,22). The highest BCUT2D eigenvalue weighted by Gasteiger charge is 2.25. The number of carbonyl (C=O) groups excluding carboxylic acids is 1. The molecule has 3 aromatic rings. The van der Waals surface area contributed by atoms with Crippen LogP contribution in [0.2, 0.25) is 0 Å². The zero-order valence-corrected chi connectivity index (χ0v) is 13.8. The Morgan fingerprint density at radius 2 is 2.12 bits per heavy atom. The number of pyridine rings is 1. The fraction of sp³-hybridized carbons (Fsp3) is 0.250. The summed E-state index contributed by atoms with van der Waals surface area (Å²) in [6.45, 7) is 3.44. The summed E-state index contributed by atoms with van der Waals surface area (Å²) in [6.07, 6.45) is 0. The van der Waals surface area contributed by atoms with Crippen molar-refractivity contribution in [3.8, 4) is 10.6 Å². The van der Waals surface area contributed by atoms with Crippen LogP contribution in [0.1, 0.15) is 22.0 Å². The summed E-state index contributed by atoms with van der Waals surface area (Å²) >= 11 is 1.54. The van der Waals surface area contributed by atoms with Crippen molar-refractivity contribution in [2.75, 3.05) is 6.54 Å². The molecule has 7 nitrogen and oxygen atoms in total. The maximum atomic E-state index is 12.7. The van der Waals surface area contributed by atoms with Crippen LogP contribution in [-0.4, -0.2) is 37.1 Å². The molecular formula is C16H15N5O2S. The van der Waals surface area contributed by atoms with Crippen LogP contribution >= 0.6 is 11.3 Å². The SMILES string of the molecule is Cc1nnc2n1CCN(C(=O)c1ccc(-c3cccs3)[nH]c1=O)C2. The number of nitrogens with zero attached hydrogens (tertiary/aromatic N) is 4. The Labute approximate surface area is 141 Å². The number of aryl methyl sites for hydroxylation is 1. The van der Waals surface area contributed by atoms with E-state index in [1.165, 1.54) is 11.3 Å². The van der Waals surface area contributed by atoms with E-state index in [1.807, 2.05) is 29.0 Å². The maximum absolute atomic E-state index is 12.7. The van der Waals surface area contributed by atoms with Gasteiger partial charge in [-0.2, -0.15) is 0 Å². The van der Waals surface area contributed by atoms with Crippen LogP contribution in [-0.2, 0) is 13.1 Å². The first kappa shape index (κ1) is 14.8. The lowest BCUT2D eigenvalue weighted by molar-refractivity contribution is 0.0705. The van der Waals surface area contributed by atoms with Crippen molar-refractivity contribution in [1.82, 2.24) is 24.6 Å². The fourth-order valence-electron chi connectivity index (χ4n) is 2.86. The molecule has 0 aromatic carbocycles. The largest absolute Gasteiger partial charge is 0.329 e. The predicted octanol–water partition coefficient (Wildman–Crippen LogP) is 1.66. The first-order valence-corrected chi connectivity index (χ1v) is 8.46. The molecule has 0 radical (unpaired) electrons. The first-order valence-electron chi connectivity index (χ1n) is 7.58. The zero-order chi connectivity index (χ0) is 16.7. The van der Waals surface area contributed by atoms with E-state index >= 15 is 0 Å². The number of thiophene rings is 1. The summed E-state index contributed by atoms with van der Waals surface area (Å²) in [5.74, 6) is 1.31. The van der Waals surface area contributed by atoms with Gasteiger partial charge in [0.1, 0.15) is 11.4 Å². The lowest BCUT2D eigenvalue weighted by Gasteiger charge is -2.27. The molecule has 0 atom stereocenters. The summed E-state index contributed by atoms with van der Waals surface area (Å²) < 4.78 is 1.99. The summed E-state index contributed by atoms with van der Waals surface area (Å²) in [6, 6.07) is 7.22. The predicted molar refractivity (Wildman–Crippen MR) is 89.9 cm³/mol. The van der Waals surface area contributed by atoms with E-state index < -0.39 is 0 Å². The van der Waals surface area contributed by atoms with Crippen LogP contribution in [0.25, 0.3) is 10.6 Å². The summed E-state index contributed by atoms with van der Waals surface area (Å²) in [5.41, 5.74) is 0.509. The lowest BCUT2D eigenvalue weighted by atomic mass is 10.2. The zero-order valence-electron chi connectivity index (χ0n) is 13.0. The molecule has 1 amide bonds. The molecule has 1 aliphatic heterocycles. The van der Waals surface area contributed by atoms with Crippen molar-refractivity contribution in [3.63, 3.8) is 0 Å². The molecule has 4 heterocycles. The summed E-state index contributed by atoms with van der Waals surface area (Å²) in [5, 5.41) is 10.1. The van der Waals surface area contributed by atoms with Crippen molar-refractivity contribution in [2.24, 2.45) is 0 Å². The maximum Gasteiger partial charge on any atom is 0.261 e. The van der Waals surface area contributed by atoms with E-state index in [0.29, 0.717) is 19.6 Å². The second-order valence-corrected chi connectivity index (χ2v) is 6.58. The van der Waals surface area contributed by atoms with E-state index in [9.17, 15) is 9.59 Å². The number of fused-ring (bicyclic) bond motifs is 1. The number of amides is 1. The molecule has 3 aromatic heterocycles. The van der Waals surface area contributed by atoms with Crippen molar-refractivity contribution in [3.05, 3.63) is 57.2 Å². The Bertz CT molecular complexity index is 957. The molecule has 4 rings (SSSR count). The van der Waals surface area contributed by atoms with Crippen LogP contribution in [0.3, 0.4) is 0 Å². The Morgan fingerprint density at radius 1 is 1.25 bits per heavy atom. The van der Waals surface area contributed by atoms with E-state index in [4.69, 9.17) is 0 Å². The molecule has 24 heavy (non-hydrogen) atoms. The van der Waals surface area contributed by atoms with Gasteiger partial charge in [-0.3, -0.25) is 9.59 Å². The molecule has 8 heteroatoms. The van der Waals surface area contributed by atoms with Gasteiger partial charge in [-0.15, -0.1) is 21.5 Å². The van der Waals surface area contributed by atoms with Crippen LogP contribution in [0, 0.1) is 6.92 Å². The minimum atomic E-state index is -0.367. The number of aromatic nitrogens is 4. The van der Waals surface area contributed by atoms with Crippen molar-refractivity contribution < 1.29 is 4.79 Å². The van der Waals surface area contributed by atoms with Crippen molar-refractivity contribution >= 4 is 17.2 Å². The van der Waals surface area contributed by atoms with Gasteiger partial charge in [-0.1, -0.05) is 6.07 Å². The molecule has 0 bridgehead atoms. The number of carbonyl (C=O) groups is 1. The minimum Gasteiger partial charge on any atom is -0.329 e. The molecule has 122 valence electrons. The molecular weight excluding hydrogens is 326 g/mol. The van der Waals surface area contributed by atoms with E-state index in [0.717, 1.165) is 22.2 Å². The van der Waals surface area contributed by atoms with Crippen LogP contribution in [0.5, 0.6) is 0 Å². The number of hydrogen-bond acceptors (Lipinski definition) is 5. The molecule has 0 aliphatic carbocycles. The number of aromatic amines is 1. The number of nitrogens with one attached hydrogen (secondary N) is 1. The highest BCUT2D eigenvalue weighted by molar-refractivity contribution is 7.13. The number of hydrogen-bond donors (Lipinski definition) is 1. The van der Waals surface area contributed by atoms with Gasteiger partial charge >= 0.3 is 0 Å². The normalized spacial score (nSPS) is 13.8. The van der Waals surface area contributed by atoms with Gasteiger partial charge in [-0.05, 0) is 30.5 Å². The van der Waals surface area contributed by atoms with Crippen LogP contribution < -0.4 is 5.56 Å². The third-order valence-corrected chi connectivity index (χ3v) is 5.06. The Balaban J connectivity index is 1.60. The third kappa shape index (κ3) is 2.44. The topological polar surface area (TPSA) is 83.9 Å². The smallest absolute Gasteiger partial charge is 0.261 e. The van der Waals surface area contributed by atoms with Gasteiger partial charge in [0.05, 0.1) is 17.1 Å². The molecule has 1 N–H and O–H groups in total. The third-order valence-electron chi connectivity index (χ3n) is 4.15. The molecule has 1 aliphatic rings. The van der Waals surface area contributed by atoms with Gasteiger partial charge < -0.3 is 14.5 Å². The molecule has 0 saturated carbocycles. The van der Waals surface area contributed by atoms with Crippen LogP contribution in [0.15, 0.2) is 34.4 Å².